The van der Waals surface area contributed by atoms with Crippen molar-refractivity contribution in [1.29, 1.82) is 0 Å². The highest BCUT2D eigenvalue weighted by atomic mass is 15.3. The molecular weight excluding hydrogens is 338 g/mol. The molecule has 7 heteroatoms. The van der Waals surface area contributed by atoms with Gasteiger partial charge in [0.15, 0.2) is 5.82 Å². The Kier molecular flexibility index (Phi) is 4.09. The fourth-order valence-corrected chi connectivity index (χ4v) is 4.31. The third kappa shape index (κ3) is 3.19. The Morgan fingerprint density at radius 2 is 1.74 bits per heavy atom. The largest absolute Gasteiger partial charge is 0.355 e. The first kappa shape index (κ1) is 16.4. The van der Waals surface area contributed by atoms with E-state index in [1.54, 1.807) is 6.20 Å². The first-order valence-electron chi connectivity index (χ1n) is 9.54. The first-order chi connectivity index (χ1) is 13.3. The molecule has 2 fully saturated rings. The van der Waals surface area contributed by atoms with Gasteiger partial charge in [0, 0.05) is 48.7 Å². The molecule has 3 aromatic rings. The summed E-state index contributed by atoms with van der Waals surface area (Å²) >= 11 is 0. The Labute approximate surface area is 158 Å². The van der Waals surface area contributed by atoms with E-state index in [1.807, 2.05) is 30.6 Å². The first-order valence-corrected chi connectivity index (χ1v) is 9.54. The summed E-state index contributed by atoms with van der Waals surface area (Å²) in [5.74, 6) is 0.931. The predicted octanol–water partition coefficient (Wildman–Crippen LogP) is 2.65. The van der Waals surface area contributed by atoms with E-state index in [0.717, 1.165) is 28.3 Å². The summed E-state index contributed by atoms with van der Waals surface area (Å²) in [5, 5.41) is 19.4. The van der Waals surface area contributed by atoms with Crippen LogP contribution in [-0.2, 0) is 0 Å². The number of aromatic amines is 1. The molecule has 0 radical (unpaired) electrons. The van der Waals surface area contributed by atoms with Gasteiger partial charge in [0.2, 0.25) is 0 Å². The highest BCUT2D eigenvalue weighted by Crippen LogP contribution is 2.31. The second-order valence-electron chi connectivity index (χ2n) is 7.57. The standard InChI is InChI=1S/C20H23N7/c1-27(17-8-15-3-4-16(9-17)24-15)20-7-6-19(25-26-20)18-5-2-13(10-21-18)14-11-22-23-12-14/h2,5-7,10-12,15-17,24H,3-4,8-9H2,1H3,(H,22,23)/t15-,16+,17-. The lowest BCUT2D eigenvalue weighted by Crippen LogP contribution is -2.47. The van der Waals surface area contributed by atoms with Crippen molar-refractivity contribution in [3.8, 4) is 22.5 Å². The van der Waals surface area contributed by atoms with Crippen molar-refractivity contribution in [2.75, 3.05) is 11.9 Å². The smallest absolute Gasteiger partial charge is 0.151 e. The number of aromatic nitrogens is 5. The van der Waals surface area contributed by atoms with E-state index in [4.69, 9.17) is 0 Å². The van der Waals surface area contributed by atoms with Crippen LogP contribution in [0.3, 0.4) is 0 Å². The molecular formula is C20H23N7. The van der Waals surface area contributed by atoms with Crippen molar-refractivity contribution in [2.24, 2.45) is 0 Å². The second kappa shape index (κ2) is 6.74. The number of rotatable bonds is 4. The second-order valence-corrected chi connectivity index (χ2v) is 7.57. The molecule has 0 aliphatic carbocycles. The van der Waals surface area contributed by atoms with E-state index in [-0.39, 0.29) is 0 Å². The predicted molar refractivity (Wildman–Crippen MR) is 104 cm³/mol. The lowest BCUT2D eigenvalue weighted by molar-refractivity contribution is 0.353. The fourth-order valence-electron chi connectivity index (χ4n) is 4.31. The number of nitrogens with one attached hydrogen (secondary N) is 2. The number of nitrogens with zero attached hydrogens (tertiary/aromatic N) is 5. The van der Waals surface area contributed by atoms with Crippen LogP contribution in [0.2, 0.25) is 0 Å². The molecule has 2 N–H and O–H groups in total. The van der Waals surface area contributed by atoms with Crippen LogP contribution in [0.1, 0.15) is 25.7 Å². The summed E-state index contributed by atoms with van der Waals surface area (Å²) in [4.78, 5) is 6.82. The van der Waals surface area contributed by atoms with Gasteiger partial charge in [-0.05, 0) is 43.9 Å². The minimum Gasteiger partial charge on any atom is -0.355 e. The molecule has 2 saturated heterocycles. The molecule has 2 aliphatic rings. The molecule has 3 aromatic heterocycles. The molecule has 0 saturated carbocycles. The van der Waals surface area contributed by atoms with Crippen molar-refractivity contribution in [1.82, 2.24) is 30.7 Å². The SMILES string of the molecule is CN(c1ccc(-c2ccc(-c3cn[nH]c3)cn2)nn1)[C@@H]1C[C@H]2CC[C@@H](C1)N2. The van der Waals surface area contributed by atoms with Crippen molar-refractivity contribution >= 4 is 5.82 Å². The molecule has 7 nitrogen and oxygen atoms in total. The third-order valence-electron chi connectivity index (χ3n) is 5.87. The summed E-state index contributed by atoms with van der Waals surface area (Å²) in [5.41, 5.74) is 3.66. The van der Waals surface area contributed by atoms with E-state index < -0.39 is 0 Å². The highest BCUT2D eigenvalue weighted by molar-refractivity contribution is 5.64. The van der Waals surface area contributed by atoms with Crippen LogP contribution in [0.25, 0.3) is 22.5 Å². The Bertz CT molecular complexity index is 877. The van der Waals surface area contributed by atoms with E-state index in [0.29, 0.717) is 18.1 Å². The van der Waals surface area contributed by atoms with Gasteiger partial charge >= 0.3 is 0 Å². The van der Waals surface area contributed by atoms with Crippen LogP contribution in [0.4, 0.5) is 5.82 Å². The summed E-state index contributed by atoms with van der Waals surface area (Å²) in [6.07, 6.45) is 10.5. The zero-order chi connectivity index (χ0) is 18.2. The Morgan fingerprint density at radius 1 is 0.926 bits per heavy atom. The summed E-state index contributed by atoms with van der Waals surface area (Å²) in [7, 11) is 2.14. The number of piperidine rings is 1. The maximum Gasteiger partial charge on any atom is 0.151 e. The molecule has 2 bridgehead atoms. The molecule has 5 rings (SSSR count). The van der Waals surface area contributed by atoms with Gasteiger partial charge in [-0.25, -0.2) is 0 Å². The molecule has 27 heavy (non-hydrogen) atoms. The highest BCUT2D eigenvalue weighted by Gasteiger charge is 2.35. The van der Waals surface area contributed by atoms with Crippen LogP contribution in [0.5, 0.6) is 0 Å². The van der Waals surface area contributed by atoms with Gasteiger partial charge in [-0.15, -0.1) is 10.2 Å². The molecule has 0 unspecified atom stereocenters. The van der Waals surface area contributed by atoms with Crippen LogP contribution < -0.4 is 10.2 Å². The normalized spacial score (nSPS) is 24.1. The van der Waals surface area contributed by atoms with E-state index in [1.165, 1.54) is 25.7 Å². The van der Waals surface area contributed by atoms with E-state index in [2.05, 4.69) is 48.7 Å². The molecule has 138 valence electrons. The Hall–Kier alpha value is -2.80. The van der Waals surface area contributed by atoms with Gasteiger partial charge in [0.05, 0.1) is 11.9 Å². The van der Waals surface area contributed by atoms with Gasteiger partial charge in [0.1, 0.15) is 5.69 Å². The van der Waals surface area contributed by atoms with Gasteiger partial charge in [-0.2, -0.15) is 5.10 Å². The van der Waals surface area contributed by atoms with Gasteiger partial charge in [0.25, 0.3) is 0 Å². The quantitative estimate of drug-likeness (QED) is 0.743. The number of hydrogen-bond acceptors (Lipinski definition) is 6. The van der Waals surface area contributed by atoms with Crippen LogP contribution in [0.15, 0.2) is 42.9 Å². The third-order valence-corrected chi connectivity index (χ3v) is 5.87. The number of hydrogen-bond donors (Lipinski definition) is 2. The lowest BCUT2D eigenvalue weighted by atomic mass is 9.98. The van der Waals surface area contributed by atoms with Crippen LogP contribution >= 0.6 is 0 Å². The monoisotopic (exact) mass is 361 g/mol. The average molecular weight is 361 g/mol. The van der Waals surface area contributed by atoms with Gasteiger partial charge in [-0.3, -0.25) is 10.1 Å². The fraction of sp³-hybridized carbons (Fsp3) is 0.400. The van der Waals surface area contributed by atoms with Crippen LogP contribution in [-0.4, -0.2) is 50.6 Å². The zero-order valence-corrected chi connectivity index (χ0v) is 15.3. The zero-order valence-electron chi connectivity index (χ0n) is 15.3. The molecule has 3 atom stereocenters. The Morgan fingerprint density at radius 3 is 2.37 bits per heavy atom. The maximum absolute atomic E-state index is 4.53. The average Bonchev–Trinajstić information content (AvgIpc) is 3.37. The number of anilines is 1. The lowest BCUT2D eigenvalue weighted by Gasteiger charge is -2.36. The van der Waals surface area contributed by atoms with Crippen molar-refractivity contribution in [2.45, 2.75) is 43.8 Å². The summed E-state index contributed by atoms with van der Waals surface area (Å²) in [6.45, 7) is 0. The molecule has 0 amide bonds. The van der Waals surface area contributed by atoms with Gasteiger partial charge in [-0.1, -0.05) is 6.07 Å². The number of H-pyrrole nitrogens is 1. The van der Waals surface area contributed by atoms with E-state index in [9.17, 15) is 0 Å². The topological polar surface area (TPSA) is 82.6 Å². The van der Waals surface area contributed by atoms with E-state index >= 15 is 0 Å². The van der Waals surface area contributed by atoms with Crippen LogP contribution in [0, 0.1) is 0 Å². The molecule has 0 aromatic carbocycles. The maximum atomic E-state index is 4.53. The van der Waals surface area contributed by atoms with Gasteiger partial charge < -0.3 is 10.2 Å². The van der Waals surface area contributed by atoms with Crippen molar-refractivity contribution in [3.63, 3.8) is 0 Å². The van der Waals surface area contributed by atoms with Crippen molar-refractivity contribution in [3.05, 3.63) is 42.9 Å². The molecule has 2 aliphatic heterocycles. The number of pyridine rings is 1. The molecule has 5 heterocycles. The number of fused-ring (bicyclic) bond motifs is 2. The summed E-state index contributed by atoms with van der Waals surface area (Å²) in [6, 6.07) is 9.94. The minimum atomic E-state index is 0.538. The van der Waals surface area contributed by atoms with Crippen molar-refractivity contribution < 1.29 is 0 Å². The Balaban J connectivity index is 1.31. The minimum absolute atomic E-state index is 0.538. The summed E-state index contributed by atoms with van der Waals surface area (Å²) < 4.78 is 0. The molecule has 0 spiro atoms.